The number of rotatable bonds is 4. The molecule has 2 N–H and O–H groups in total. The van der Waals surface area contributed by atoms with Crippen LogP contribution in [0.3, 0.4) is 0 Å². The Kier molecular flexibility index (Phi) is 4.97. The molecule has 0 radical (unpaired) electrons. The van der Waals surface area contributed by atoms with Crippen LogP contribution in [0.5, 0.6) is 0 Å². The normalized spacial score (nSPS) is 15.7. The molecule has 2 rings (SSSR count). The minimum absolute atomic E-state index is 0.0748. The molecule has 1 saturated heterocycles. The van der Waals surface area contributed by atoms with Gasteiger partial charge in [-0.05, 0) is 43.0 Å². The first-order valence-corrected chi connectivity index (χ1v) is 6.85. The van der Waals surface area contributed by atoms with E-state index in [9.17, 15) is 4.79 Å². The molecule has 1 amide bonds. The molecule has 0 saturated carbocycles. The minimum Gasteiger partial charge on any atom is -0.396 e. The standard InChI is InChI=1S/C15H19N3O2/c16-9-12-1-3-14(4-2-12)17-10-15(20)18-7-5-13(11-19)6-8-18/h1-4,13,17,19H,5-8,10-11H2. The van der Waals surface area contributed by atoms with E-state index in [1.165, 1.54) is 0 Å². The number of nitriles is 1. The number of piperidine rings is 1. The van der Waals surface area contributed by atoms with Crippen LogP contribution in [0, 0.1) is 17.2 Å². The maximum Gasteiger partial charge on any atom is 0.241 e. The number of amides is 1. The first kappa shape index (κ1) is 14.4. The largest absolute Gasteiger partial charge is 0.396 e. The summed E-state index contributed by atoms with van der Waals surface area (Å²) in [6.45, 7) is 1.92. The molecule has 20 heavy (non-hydrogen) atoms. The Morgan fingerprint density at radius 1 is 1.35 bits per heavy atom. The highest BCUT2D eigenvalue weighted by Crippen LogP contribution is 2.16. The van der Waals surface area contributed by atoms with Gasteiger partial charge in [-0.1, -0.05) is 0 Å². The van der Waals surface area contributed by atoms with Crippen LogP contribution >= 0.6 is 0 Å². The monoisotopic (exact) mass is 273 g/mol. The van der Waals surface area contributed by atoms with Gasteiger partial charge in [0.1, 0.15) is 0 Å². The summed E-state index contributed by atoms with van der Waals surface area (Å²) in [5, 5.41) is 20.8. The van der Waals surface area contributed by atoms with Crippen molar-refractivity contribution < 1.29 is 9.90 Å². The molecule has 5 heteroatoms. The predicted octanol–water partition coefficient (Wildman–Crippen LogP) is 1.20. The van der Waals surface area contributed by atoms with Crippen molar-refractivity contribution >= 4 is 11.6 Å². The second-order valence-corrected chi connectivity index (χ2v) is 5.05. The van der Waals surface area contributed by atoms with Crippen molar-refractivity contribution in [2.75, 3.05) is 31.6 Å². The summed E-state index contributed by atoms with van der Waals surface area (Å²) in [5.41, 5.74) is 1.44. The molecule has 1 fully saturated rings. The molecule has 0 bridgehead atoms. The van der Waals surface area contributed by atoms with E-state index < -0.39 is 0 Å². The van der Waals surface area contributed by atoms with E-state index in [4.69, 9.17) is 10.4 Å². The lowest BCUT2D eigenvalue weighted by Crippen LogP contribution is -2.41. The van der Waals surface area contributed by atoms with E-state index in [0.29, 0.717) is 11.5 Å². The topological polar surface area (TPSA) is 76.4 Å². The number of anilines is 1. The van der Waals surface area contributed by atoms with Gasteiger partial charge in [0.25, 0.3) is 0 Å². The molecular weight excluding hydrogens is 254 g/mol. The molecule has 1 aromatic rings. The molecule has 0 spiro atoms. The fraction of sp³-hybridized carbons (Fsp3) is 0.467. The van der Waals surface area contributed by atoms with Crippen molar-refractivity contribution in [3.05, 3.63) is 29.8 Å². The third-order valence-electron chi connectivity index (χ3n) is 3.68. The van der Waals surface area contributed by atoms with Crippen LogP contribution in [0.2, 0.25) is 0 Å². The van der Waals surface area contributed by atoms with Gasteiger partial charge in [-0.3, -0.25) is 4.79 Å². The van der Waals surface area contributed by atoms with E-state index in [1.807, 2.05) is 4.90 Å². The number of hydrogen-bond donors (Lipinski definition) is 2. The summed E-state index contributed by atoms with van der Waals surface area (Å²) < 4.78 is 0. The first-order chi connectivity index (χ1) is 9.72. The van der Waals surface area contributed by atoms with Gasteiger partial charge in [-0.15, -0.1) is 0 Å². The van der Waals surface area contributed by atoms with E-state index in [-0.39, 0.29) is 19.1 Å². The summed E-state index contributed by atoms with van der Waals surface area (Å²) in [6.07, 6.45) is 1.75. The molecule has 0 aliphatic carbocycles. The van der Waals surface area contributed by atoms with Crippen molar-refractivity contribution in [1.82, 2.24) is 4.90 Å². The number of aliphatic hydroxyl groups excluding tert-OH is 1. The van der Waals surface area contributed by atoms with Crippen molar-refractivity contribution in [3.8, 4) is 6.07 Å². The van der Waals surface area contributed by atoms with Gasteiger partial charge in [0.15, 0.2) is 0 Å². The second kappa shape index (κ2) is 6.92. The van der Waals surface area contributed by atoms with Gasteiger partial charge >= 0.3 is 0 Å². The van der Waals surface area contributed by atoms with Crippen LogP contribution < -0.4 is 5.32 Å². The Bertz CT molecular complexity index is 485. The lowest BCUT2D eigenvalue weighted by Gasteiger charge is -2.31. The van der Waals surface area contributed by atoms with Gasteiger partial charge in [-0.25, -0.2) is 0 Å². The number of aliphatic hydroxyl groups is 1. The van der Waals surface area contributed by atoms with Crippen LogP contribution in [-0.4, -0.2) is 42.2 Å². The van der Waals surface area contributed by atoms with E-state index in [2.05, 4.69) is 11.4 Å². The Balaban J connectivity index is 1.79. The summed E-state index contributed by atoms with van der Waals surface area (Å²) >= 11 is 0. The summed E-state index contributed by atoms with van der Waals surface area (Å²) in [5.74, 6) is 0.413. The maximum absolute atomic E-state index is 12.0. The highest BCUT2D eigenvalue weighted by Gasteiger charge is 2.21. The maximum atomic E-state index is 12.0. The number of carbonyl (C=O) groups excluding carboxylic acids is 1. The molecule has 0 atom stereocenters. The summed E-state index contributed by atoms with van der Waals surface area (Å²) in [6, 6.07) is 9.09. The molecule has 0 unspecified atom stereocenters. The first-order valence-electron chi connectivity index (χ1n) is 6.85. The molecule has 5 nitrogen and oxygen atoms in total. The van der Waals surface area contributed by atoms with Crippen molar-refractivity contribution in [2.24, 2.45) is 5.92 Å². The molecule has 0 aromatic heterocycles. The van der Waals surface area contributed by atoms with Gasteiger partial charge in [0, 0.05) is 25.4 Å². The quantitative estimate of drug-likeness (QED) is 0.864. The molecular formula is C15H19N3O2. The number of carbonyl (C=O) groups is 1. The summed E-state index contributed by atoms with van der Waals surface area (Å²) in [4.78, 5) is 13.9. The Labute approximate surface area is 118 Å². The second-order valence-electron chi connectivity index (χ2n) is 5.05. The van der Waals surface area contributed by atoms with Crippen molar-refractivity contribution in [2.45, 2.75) is 12.8 Å². The highest BCUT2D eigenvalue weighted by atomic mass is 16.3. The SMILES string of the molecule is N#Cc1ccc(NCC(=O)N2CCC(CO)CC2)cc1. The zero-order chi connectivity index (χ0) is 14.4. The van der Waals surface area contributed by atoms with E-state index in [1.54, 1.807) is 24.3 Å². The van der Waals surface area contributed by atoms with Gasteiger partial charge in [-0.2, -0.15) is 5.26 Å². The molecule has 1 heterocycles. The van der Waals surface area contributed by atoms with Crippen LogP contribution in [0.4, 0.5) is 5.69 Å². The third-order valence-corrected chi connectivity index (χ3v) is 3.68. The Morgan fingerprint density at radius 3 is 2.55 bits per heavy atom. The number of likely N-dealkylation sites (tertiary alicyclic amines) is 1. The van der Waals surface area contributed by atoms with Gasteiger partial charge in [0.2, 0.25) is 5.91 Å². The third kappa shape index (κ3) is 3.72. The molecule has 1 aliphatic heterocycles. The molecule has 106 valence electrons. The predicted molar refractivity (Wildman–Crippen MR) is 76.0 cm³/mol. The number of benzene rings is 1. The highest BCUT2D eigenvalue weighted by molar-refractivity contribution is 5.81. The van der Waals surface area contributed by atoms with Crippen LogP contribution in [0.1, 0.15) is 18.4 Å². The molecule has 1 aromatic carbocycles. The zero-order valence-electron chi connectivity index (χ0n) is 11.4. The van der Waals surface area contributed by atoms with Crippen molar-refractivity contribution in [3.63, 3.8) is 0 Å². The van der Waals surface area contributed by atoms with Crippen LogP contribution in [-0.2, 0) is 4.79 Å². The lowest BCUT2D eigenvalue weighted by atomic mass is 9.98. The smallest absolute Gasteiger partial charge is 0.241 e. The Morgan fingerprint density at radius 2 is 2.00 bits per heavy atom. The van der Waals surface area contributed by atoms with Crippen LogP contribution in [0.25, 0.3) is 0 Å². The molecule has 1 aliphatic rings. The van der Waals surface area contributed by atoms with Gasteiger partial charge in [0.05, 0.1) is 18.2 Å². The Hall–Kier alpha value is -2.06. The van der Waals surface area contributed by atoms with Gasteiger partial charge < -0.3 is 15.3 Å². The minimum atomic E-state index is 0.0748. The number of nitrogens with zero attached hydrogens (tertiary/aromatic N) is 2. The number of hydrogen-bond acceptors (Lipinski definition) is 4. The average Bonchev–Trinajstić information content (AvgIpc) is 2.53. The average molecular weight is 273 g/mol. The zero-order valence-corrected chi connectivity index (χ0v) is 11.4. The lowest BCUT2D eigenvalue weighted by molar-refractivity contribution is -0.130. The van der Waals surface area contributed by atoms with Crippen LogP contribution in [0.15, 0.2) is 24.3 Å². The fourth-order valence-corrected chi connectivity index (χ4v) is 2.32. The van der Waals surface area contributed by atoms with Crippen molar-refractivity contribution in [1.29, 1.82) is 5.26 Å². The summed E-state index contributed by atoms with van der Waals surface area (Å²) in [7, 11) is 0. The van der Waals surface area contributed by atoms with E-state index in [0.717, 1.165) is 31.6 Å². The fourth-order valence-electron chi connectivity index (χ4n) is 2.32. The van der Waals surface area contributed by atoms with E-state index >= 15 is 0 Å². The number of nitrogens with one attached hydrogen (secondary N) is 1.